The molecule has 0 spiro atoms. The van der Waals surface area contributed by atoms with Crippen molar-refractivity contribution < 1.29 is 8.42 Å². The standard InChI is InChI=1S/C12H20N4O2S/c1-3-11-10-5-13-4-9(10)7-16(11)19(17,18)12-6-14-15-8(12)2/h6,9-11,13H,3-5,7H2,1-2H3,(H,14,15). The number of aryl methyl sites for hydroxylation is 1. The van der Waals surface area contributed by atoms with Crippen molar-refractivity contribution in [3.8, 4) is 0 Å². The molecule has 0 amide bonds. The van der Waals surface area contributed by atoms with Crippen molar-refractivity contribution in [1.82, 2.24) is 19.8 Å². The molecular formula is C12H20N4O2S. The second kappa shape index (κ2) is 4.57. The minimum Gasteiger partial charge on any atom is -0.316 e. The van der Waals surface area contributed by atoms with E-state index in [0.29, 0.717) is 29.0 Å². The summed E-state index contributed by atoms with van der Waals surface area (Å²) in [6.07, 6.45) is 2.28. The summed E-state index contributed by atoms with van der Waals surface area (Å²) in [7, 11) is -3.42. The molecule has 106 valence electrons. The van der Waals surface area contributed by atoms with Crippen LogP contribution in [-0.2, 0) is 10.0 Å². The number of nitrogens with zero attached hydrogens (tertiary/aromatic N) is 2. The first-order chi connectivity index (χ1) is 9.05. The molecule has 3 atom stereocenters. The topological polar surface area (TPSA) is 78.1 Å². The molecular weight excluding hydrogens is 264 g/mol. The van der Waals surface area contributed by atoms with Crippen LogP contribution in [-0.4, -0.2) is 48.6 Å². The van der Waals surface area contributed by atoms with Gasteiger partial charge >= 0.3 is 0 Å². The van der Waals surface area contributed by atoms with Gasteiger partial charge in [-0.15, -0.1) is 0 Å². The van der Waals surface area contributed by atoms with E-state index < -0.39 is 10.0 Å². The summed E-state index contributed by atoms with van der Waals surface area (Å²) in [6.45, 7) is 6.30. The Morgan fingerprint density at radius 3 is 2.89 bits per heavy atom. The molecule has 0 radical (unpaired) electrons. The van der Waals surface area contributed by atoms with Crippen LogP contribution in [0.3, 0.4) is 0 Å². The fourth-order valence-electron chi connectivity index (χ4n) is 3.49. The van der Waals surface area contributed by atoms with E-state index in [2.05, 4.69) is 22.4 Å². The quantitative estimate of drug-likeness (QED) is 0.839. The fraction of sp³-hybridized carbons (Fsp3) is 0.750. The van der Waals surface area contributed by atoms with Gasteiger partial charge < -0.3 is 5.32 Å². The molecule has 0 aliphatic carbocycles. The van der Waals surface area contributed by atoms with Crippen molar-refractivity contribution in [3.05, 3.63) is 11.9 Å². The zero-order valence-corrected chi connectivity index (χ0v) is 12.1. The van der Waals surface area contributed by atoms with Crippen LogP contribution < -0.4 is 5.32 Å². The summed E-state index contributed by atoms with van der Waals surface area (Å²) >= 11 is 0. The Labute approximate surface area is 113 Å². The second-order valence-corrected chi connectivity index (χ2v) is 7.35. The molecule has 3 rings (SSSR count). The molecule has 3 heterocycles. The largest absolute Gasteiger partial charge is 0.316 e. The molecule has 0 bridgehead atoms. The maximum Gasteiger partial charge on any atom is 0.246 e. The molecule has 2 aliphatic heterocycles. The predicted molar refractivity (Wildman–Crippen MR) is 71.1 cm³/mol. The van der Waals surface area contributed by atoms with Gasteiger partial charge in [0.2, 0.25) is 10.0 Å². The van der Waals surface area contributed by atoms with Gasteiger partial charge in [0.1, 0.15) is 4.90 Å². The van der Waals surface area contributed by atoms with Gasteiger partial charge in [-0.1, -0.05) is 6.92 Å². The van der Waals surface area contributed by atoms with E-state index in [9.17, 15) is 8.42 Å². The molecule has 2 fully saturated rings. The van der Waals surface area contributed by atoms with E-state index in [1.54, 1.807) is 11.2 Å². The Hall–Kier alpha value is -0.920. The number of H-pyrrole nitrogens is 1. The van der Waals surface area contributed by atoms with Gasteiger partial charge in [0, 0.05) is 12.6 Å². The average Bonchev–Trinajstić information content (AvgIpc) is 3.01. The minimum atomic E-state index is -3.42. The van der Waals surface area contributed by atoms with Crippen LogP contribution >= 0.6 is 0 Å². The van der Waals surface area contributed by atoms with Crippen LogP contribution in [0.15, 0.2) is 11.1 Å². The molecule has 19 heavy (non-hydrogen) atoms. The summed E-state index contributed by atoms with van der Waals surface area (Å²) in [5, 5.41) is 9.92. The van der Waals surface area contributed by atoms with E-state index >= 15 is 0 Å². The first-order valence-electron chi connectivity index (χ1n) is 6.78. The summed E-state index contributed by atoms with van der Waals surface area (Å²) in [5.74, 6) is 0.902. The number of rotatable bonds is 3. The lowest BCUT2D eigenvalue weighted by Gasteiger charge is -2.25. The van der Waals surface area contributed by atoms with Crippen molar-refractivity contribution in [3.63, 3.8) is 0 Å². The first-order valence-corrected chi connectivity index (χ1v) is 8.22. The third-order valence-corrected chi connectivity index (χ3v) is 6.46. The fourth-order valence-corrected chi connectivity index (χ4v) is 5.41. The zero-order valence-electron chi connectivity index (χ0n) is 11.3. The van der Waals surface area contributed by atoms with E-state index in [-0.39, 0.29) is 6.04 Å². The third-order valence-electron chi connectivity index (χ3n) is 4.46. The lowest BCUT2D eigenvalue weighted by molar-refractivity contribution is 0.329. The Morgan fingerprint density at radius 1 is 1.47 bits per heavy atom. The number of aromatic nitrogens is 2. The molecule has 2 aliphatic rings. The molecule has 6 nitrogen and oxygen atoms in total. The van der Waals surface area contributed by atoms with Crippen molar-refractivity contribution in [1.29, 1.82) is 0 Å². The summed E-state index contributed by atoms with van der Waals surface area (Å²) in [4.78, 5) is 0.318. The molecule has 2 N–H and O–H groups in total. The van der Waals surface area contributed by atoms with Crippen LogP contribution in [0.2, 0.25) is 0 Å². The van der Waals surface area contributed by atoms with E-state index in [4.69, 9.17) is 0 Å². The number of hydrogen-bond acceptors (Lipinski definition) is 4. The minimum absolute atomic E-state index is 0.110. The zero-order chi connectivity index (χ0) is 13.6. The molecule has 0 saturated carbocycles. The van der Waals surface area contributed by atoms with Crippen molar-refractivity contribution >= 4 is 10.0 Å². The number of aromatic amines is 1. The normalized spacial score (nSPS) is 31.8. The highest BCUT2D eigenvalue weighted by atomic mass is 32.2. The molecule has 2 saturated heterocycles. The summed E-state index contributed by atoms with van der Waals surface area (Å²) in [5.41, 5.74) is 0.616. The second-order valence-electron chi connectivity index (χ2n) is 5.49. The average molecular weight is 284 g/mol. The monoisotopic (exact) mass is 284 g/mol. The maximum absolute atomic E-state index is 12.8. The van der Waals surface area contributed by atoms with Gasteiger partial charge in [0.15, 0.2) is 0 Å². The molecule has 3 unspecified atom stereocenters. The summed E-state index contributed by atoms with van der Waals surface area (Å²) in [6, 6.07) is 0.110. The Balaban J connectivity index is 1.96. The van der Waals surface area contributed by atoms with Crippen molar-refractivity contribution in [2.24, 2.45) is 11.8 Å². The third kappa shape index (κ3) is 1.91. The lowest BCUT2D eigenvalue weighted by Crippen LogP contribution is -2.39. The van der Waals surface area contributed by atoms with E-state index in [0.717, 1.165) is 19.5 Å². The van der Waals surface area contributed by atoms with Crippen LogP contribution in [0.25, 0.3) is 0 Å². The SMILES string of the molecule is CCC1C2CNCC2CN1S(=O)(=O)c1cn[nH]c1C. The molecule has 0 aromatic carbocycles. The van der Waals surface area contributed by atoms with E-state index in [1.807, 2.05) is 0 Å². The Kier molecular flexibility index (Phi) is 3.15. The lowest BCUT2D eigenvalue weighted by atomic mass is 9.93. The summed E-state index contributed by atoms with van der Waals surface area (Å²) < 4.78 is 27.2. The Bertz CT molecular complexity index is 568. The highest BCUT2D eigenvalue weighted by Gasteiger charge is 2.48. The number of fused-ring (bicyclic) bond motifs is 1. The number of sulfonamides is 1. The highest BCUT2D eigenvalue weighted by Crippen LogP contribution is 2.37. The van der Waals surface area contributed by atoms with Gasteiger partial charge in [-0.05, 0) is 38.3 Å². The van der Waals surface area contributed by atoms with E-state index in [1.165, 1.54) is 6.20 Å². The van der Waals surface area contributed by atoms with Gasteiger partial charge in [0.25, 0.3) is 0 Å². The van der Waals surface area contributed by atoms with Gasteiger partial charge in [-0.25, -0.2) is 8.42 Å². The van der Waals surface area contributed by atoms with Gasteiger partial charge in [-0.3, -0.25) is 5.10 Å². The molecule has 1 aromatic rings. The molecule has 7 heteroatoms. The highest BCUT2D eigenvalue weighted by molar-refractivity contribution is 7.89. The number of hydrogen-bond donors (Lipinski definition) is 2. The van der Waals surface area contributed by atoms with Crippen LogP contribution in [0, 0.1) is 18.8 Å². The van der Waals surface area contributed by atoms with Crippen LogP contribution in [0.1, 0.15) is 19.0 Å². The predicted octanol–water partition coefficient (Wildman–Crippen LogP) is 0.337. The van der Waals surface area contributed by atoms with Crippen LogP contribution in [0.4, 0.5) is 0 Å². The van der Waals surface area contributed by atoms with Gasteiger partial charge in [0.05, 0.1) is 11.9 Å². The maximum atomic E-state index is 12.8. The van der Waals surface area contributed by atoms with Crippen LogP contribution in [0.5, 0.6) is 0 Å². The Morgan fingerprint density at radius 2 is 2.26 bits per heavy atom. The molecule has 1 aromatic heterocycles. The number of nitrogens with one attached hydrogen (secondary N) is 2. The van der Waals surface area contributed by atoms with Crippen molar-refractivity contribution in [2.75, 3.05) is 19.6 Å². The first kappa shape index (κ1) is 13.1. The van der Waals surface area contributed by atoms with Gasteiger partial charge in [-0.2, -0.15) is 9.40 Å². The smallest absolute Gasteiger partial charge is 0.246 e. The van der Waals surface area contributed by atoms with Crippen molar-refractivity contribution in [2.45, 2.75) is 31.2 Å².